The lowest BCUT2D eigenvalue weighted by atomic mass is 9.79. The van der Waals surface area contributed by atoms with Crippen molar-refractivity contribution in [3.63, 3.8) is 0 Å². The molecule has 0 aromatic heterocycles. The van der Waals surface area contributed by atoms with Gasteiger partial charge in [0, 0.05) is 29.3 Å². The predicted octanol–water partition coefficient (Wildman–Crippen LogP) is 2.56. The van der Waals surface area contributed by atoms with Gasteiger partial charge in [0.15, 0.2) is 5.60 Å². The van der Waals surface area contributed by atoms with E-state index in [0.29, 0.717) is 11.3 Å². The second-order valence-electron chi connectivity index (χ2n) is 5.83. The summed E-state index contributed by atoms with van der Waals surface area (Å²) in [5, 5.41) is 14.0. The number of carbonyl (C=O) groups excluding carboxylic acids is 2. The van der Waals surface area contributed by atoms with E-state index >= 15 is 0 Å². The summed E-state index contributed by atoms with van der Waals surface area (Å²) in [4.78, 5) is 24.7. The number of ether oxygens (including phenoxy) is 1. The third kappa shape index (κ3) is 3.32. The van der Waals surface area contributed by atoms with E-state index < -0.39 is 17.5 Å². The fourth-order valence-electron chi connectivity index (χ4n) is 2.96. The zero-order valence-corrected chi connectivity index (χ0v) is 13.9. The van der Waals surface area contributed by atoms with Crippen molar-refractivity contribution >= 4 is 23.1 Å². The summed E-state index contributed by atoms with van der Waals surface area (Å²) in [5.74, 6) is -1.15. The monoisotopic (exact) mass is 337 g/mol. The van der Waals surface area contributed by atoms with Gasteiger partial charge in [-0.05, 0) is 18.6 Å². The van der Waals surface area contributed by atoms with E-state index in [9.17, 15) is 14.7 Å². The number of hydrogen-bond acceptors (Lipinski definition) is 4. The van der Waals surface area contributed by atoms with Crippen molar-refractivity contribution in [1.29, 1.82) is 0 Å². The molecule has 5 nitrogen and oxygen atoms in total. The number of hydrogen-bond donors (Lipinski definition) is 2. The van der Waals surface area contributed by atoms with Crippen LogP contribution in [0.2, 0.25) is 0 Å². The summed E-state index contributed by atoms with van der Waals surface area (Å²) in [7, 11) is 0. The van der Waals surface area contributed by atoms with E-state index in [1.165, 1.54) is 6.08 Å². The highest BCUT2D eigenvalue weighted by Gasteiger charge is 2.45. The average molecular weight is 337 g/mol. The topological polar surface area (TPSA) is 75.6 Å². The Morgan fingerprint density at radius 3 is 2.56 bits per heavy atom. The number of esters is 1. The van der Waals surface area contributed by atoms with Crippen LogP contribution in [-0.4, -0.2) is 29.2 Å². The minimum Gasteiger partial charge on any atom is -0.463 e. The highest BCUT2D eigenvalue weighted by Crippen LogP contribution is 2.39. The molecule has 0 saturated heterocycles. The van der Waals surface area contributed by atoms with Gasteiger partial charge in [0.05, 0.1) is 6.61 Å². The number of fused-ring (bicyclic) bond motifs is 1. The van der Waals surface area contributed by atoms with Crippen molar-refractivity contribution in [2.24, 2.45) is 0 Å². The molecule has 1 heterocycles. The second-order valence-corrected chi connectivity index (χ2v) is 5.83. The predicted molar refractivity (Wildman–Crippen MR) is 94.8 cm³/mol. The first-order valence-corrected chi connectivity index (χ1v) is 8.10. The molecular weight excluding hydrogens is 318 g/mol. The molecule has 128 valence electrons. The SMILES string of the molecule is CCOC(=O)/C=C1\c2ccccc2NC(=O)C1(O)Cc1ccccc1. The van der Waals surface area contributed by atoms with Crippen molar-refractivity contribution in [1.82, 2.24) is 0 Å². The van der Waals surface area contributed by atoms with Crippen LogP contribution in [0.1, 0.15) is 18.1 Å². The van der Waals surface area contributed by atoms with Crippen LogP contribution in [0.3, 0.4) is 0 Å². The Labute approximate surface area is 145 Å². The Bertz CT molecular complexity index is 829. The molecule has 3 rings (SSSR count). The van der Waals surface area contributed by atoms with Crippen LogP contribution in [0.25, 0.3) is 5.57 Å². The summed E-state index contributed by atoms with van der Waals surface area (Å²) in [5.41, 5.74) is 0.334. The molecule has 1 unspecified atom stereocenters. The highest BCUT2D eigenvalue weighted by atomic mass is 16.5. The molecule has 5 heteroatoms. The number of carbonyl (C=O) groups is 2. The molecule has 0 saturated carbocycles. The number of nitrogens with one attached hydrogen (secondary N) is 1. The number of amides is 1. The van der Waals surface area contributed by atoms with Gasteiger partial charge in [0.1, 0.15) is 0 Å². The Hall–Kier alpha value is -2.92. The van der Waals surface area contributed by atoms with Crippen LogP contribution in [0, 0.1) is 0 Å². The first-order chi connectivity index (χ1) is 12.0. The summed E-state index contributed by atoms with van der Waals surface area (Å²) >= 11 is 0. The number of para-hydroxylation sites is 1. The average Bonchev–Trinajstić information content (AvgIpc) is 2.60. The summed E-state index contributed by atoms with van der Waals surface area (Å²) in [6.45, 7) is 1.92. The fraction of sp³-hybridized carbons (Fsp3) is 0.200. The molecule has 2 N–H and O–H groups in total. The lowest BCUT2D eigenvalue weighted by Crippen LogP contribution is -2.49. The molecule has 1 amide bonds. The zero-order chi connectivity index (χ0) is 17.9. The maximum absolute atomic E-state index is 12.7. The van der Waals surface area contributed by atoms with E-state index in [1.54, 1.807) is 31.2 Å². The largest absolute Gasteiger partial charge is 0.463 e. The number of rotatable bonds is 4. The Balaban J connectivity index is 2.11. The lowest BCUT2D eigenvalue weighted by molar-refractivity contribution is -0.137. The first kappa shape index (κ1) is 16.9. The van der Waals surface area contributed by atoms with E-state index in [2.05, 4.69) is 5.32 Å². The van der Waals surface area contributed by atoms with Crippen molar-refractivity contribution in [2.75, 3.05) is 11.9 Å². The molecule has 1 atom stereocenters. The molecule has 0 aliphatic carbocycles. The van der Waals surface area contributed by atoms with Crippen LogP contribution in [0.5, 0.6) is 0 Å². The molecular formula is C20H19NO4. The van der Waals surface area contributed by atoms with Crippen LogP contribution in [-0.2, 0) is 20.7 Å². The minimum absolute atomic E-state index is 0.0548. The Morgan fingerprint density at radius 2 is 1.84 bits per heavy atom. The molecule has 0 spiro atoms. The quantitative estimate of drug-likeness (QED) is 0.664. The number of benzene rings is 2. The van der Waals surface area contributed by atoms with Crippen LogP contribution in [0.4, 0.5) is 5.69 Å². The van der Waals surface area contributed by atoms with Crippen molar-refractivity contribution < 1.29 is 19.4 Å². The molecule has 1 aliphatic rings. The molecule has 0 radical (unpaired) electrons. The van der Waals surface area contributed by atoms with Crippen LogP contribution < -0.4 is 5.32 Å². The number of anilines is 1. The molecule has 0 fully saturated rings. The normalized spacial score (nSPS) is 20.7. The van der Waals surface area contributed by atoms with Crippen molar-refractivity contribution in [2.45, 2.75) is 18.9 Å². The van der Waals surface area contributed by atoms with E-state index in [1.807, 2.05) is 30.3 Å². The maximum atomic E-state index is 12.7. The van der Waals surface area contributed by atoms with E-state index in [4.69, 9.17) is 4.74 Å². The van der Waals surface area contributed by atoms with Gasteiger partial charge in [-0.15, -0.1) is 0 Å². The summed E-state index contributed by atoms with van der Waals surface area (Å²) < 4.78 is 4.98. The molecule has 25 heavy (non-hydrogen) atoms. The summed E-state index contributed by atoms with van der Waals surface area (Å²) in [6, 6.07) is 16.2. The molecule has 2 aromatic carbocycles. The second kappa shape index (κ2) is 6.91. The van der Waals surface area contributed by atoms with Crippen LogP contribution in [0.15, 0.2) is 60.7 Å². The summed E-state index contributed by atoms with van der Waals surface area (Å²) in [6.07, 6.45) is 1.27. The standard InChI is InChI=1S/C20H19NO4/c1-2-25-18(22)12-16-15-10-6-7-11-17(15)21-19(23)20(16,24)13-14-8-4-3-5-9-14/h3-12,24H,2,13H2,1H3,(H,21,23)/b16-12+. The Kier molecular flexibility index (Phi) is 4.67. The Morgan fingerprint density at radius 1 is 1.16 bits per heavy atom. The van der Waals surface area contributed by atoms with Gasteiger partial charge in [-0.2, -0.15) is 0 Å². The highest BCUT2D eigenvalue weighted by molar-refractivity contribution is 6.15. The van der Waals surface area contributed by atoms with Crippen LogP contribution >= 0.6 is 0 Å². The van der Waals surface area contributed by atoms with Gasteiger partial charge >= 0.3 is 5.97 Å². The van der Waals surface area contributed by atoms with Gasteiger partial charge in [-0.3, -0.25) is 4.79 Å². The smallest absolute Gasteiger partial charge is 0.331 e. The molecule has 2 aromatic rings. The van der Waals surface area contributed by atoms with E-state index in [0.717, 1.165) is 5.56 Å². The van der Waals surface area contributed by atoms with E-state index in [-0.39, 0.29) is 18.6 Å². The lowest BCUT2D eigenvalue weighted by Gasteiger charge is -2.35. The zero-order valence-electron chi connectivity index (χ0n) is 13.9. The first-order valence-electron chi connectivity index (χ1n) is 8.10. The van der Waals surface area contributed by atoms with Gasteiger partial charge in [0.25, 0.3) is 5.91 Å². The minimum atomic E-state index is -1.86. The third-order valence-electron chi connectivity index (χ3n) is 4.14. The van der Waals surface area contributed by atoms with Crippen molar-refractivity contribution in [3.8, 4) is 0 Å². The van der Waals surface area contributed by atoms with Gasteiger partial charge < -0.3 is 15.2 Å². The fourth-order valence-corrected chi connectivity index (χ4v) is 2.96. The van der Waals surface area contributed by atoms with Gasteiger partial charge in [0.2, 0.25) is 0 Å². The van der Waals surface area contributed by atoms with Crippen molar-refractivity contribution in [3.05, 3.63) is 71.8 Å². The third-order valence-corrected chi connectivity index (χ3v) is 4.14. The molecule has 0 bridgehead atoms. The van der Waals surface area contributed by atoms with Gasteiger partial charge in [-0.25, -0.2) is 4.79 Å². The maximum Gasteiger partial charge on any atom is 0.331 e. The number of aliphatic hydroxyl groups is 1. The molecule has 1 aliphatic heterocycles. The van der Waals surface area contributed by atoms with Gasteiger partial charge in [-0.1, -0.05) is 48.5 Å².